The average molecular weight is 470 g/mol. The summed E-state index contributed by atoms with van der Waals surface area (Å²) in [6.45, 7) is 1.97. The molecule has 0 spiro atoms. The SMILES string of the molecule is COC(=O)C(C)N(C(=O)Oc1ccc2nc(CNc3ccc(C#N)cc3)[nH]c2c1)c1ccccn1. The number of pyridine rings is 1. The number of ether oxygens (including phenoxy) is 2. The molecule has 4 aromatic rings. The molecule has 0 bridgehead atoms. The first-order valence-electron chi connectivity index (χ1n) is 10.7. The van der Waals surface area contributed by atoms with E-state index in [9.17, 15) is 9.59 Å². The molecule has 1 amide bonds. The van der Waals surface area contributed by atoms with Gasteiger partial charge in [0, 0.05) is 18.0 Å². The number of nitrogens with one attached hydrogen (secondary N) is 2. The molecule has 4 rings (SSSR count). The van der Waals surface area contributed by atoms with E-state index in [0.717, 1.165) is 10.6 Å². The van der Waals surface area contributed by atoms with Crippen molar-refractivity contribution in [2.45, 2.75) is 19.5 Å². The van der Waals surface area contributed by atoms with Crippen molar-refractivity contribution in [1.29, 1.82) is 5.26 Å². The number of anilines is 2. The minimum atomic E-state index is -0.946. The number of amides is 1. The Morgan fingerprint density at radius 1 is 1.17 bits per heavy atom. The number of nitrogens with zero attached hydrogens (tertiary/aromatic N) is 4. The Bertz CT molecular complexity index is 1380. The van der Waals surface area contributed by atoms with Crippen LogP contribution < -0.4 is 15.0 Å². The number of esters is 1. The van der Waals surface area contributed by atoms with Crippen LogP contribution in [0.3, 0.4) is 0 Å². The summed E-state index contributed by atoms with van der Waals surface area (Å²) < 4.78 is 10.4. The number of aromatic amines is 1. The molecule has 0 aliphatic rings. The number of aromatic nitrogens is 3. The molecule has 0 fully saturated rings. The third kappa shape index (κ3) is 5.36. The van der Waals surface area contributed by atoms with Crippen molar-refractivity contribution in [3.8, 4) is 11.8 Å². The minimum absolute atomic E-state index is 0.259. The zero-order valence-electron chi connectivity index (χ0n) is 19.1. The van der Waals surface area contributed by atoms with Crippen molar-refractivity contribution in [3.05, 3.63) is 78.2 Å². The highest BCUT2D eigenvalue weighted by Crippen LogP contribution is 2.22. The first-order chi connectivity index (χ1) is 17.0. The second-order valence-electron chi connectivity index (χ2n) is 7.53. The van der Waals surface area contributed by atoms with Crippen molar-refractivity contribution in [2.24, 2.45) is 0 Å². The normalized spacial score (nSPS) is 11.3. The predicted molar refractivity (Wildman–Crippen MR) is 129 cm³/mol. The molecule has 0 saturated carbocycles. The van der Waals surface area contributed by atoms with Gasteiger partial charge >= 0.3 is 12.1 Å². The highest BCUT2D eigenvalue weighted by atomic mass is 16.6. The molecule has 0 radical (unpaired) electrons. The molecule has 2 heterocycles. The smallest absolute Gasteiger partial charge is 0.421 e. The van der Waals surface area contributed by atoms with Crippen LogP contribution in [0, 0.1) is 11.3 Å². The Balaban J connectivity index is 1.49. The van der Waals surface area contributed by atoms with Gasteiger partial charge in [-0.05, 0) is 55.5 Å². The summed E-state index contributed by atoms with van der Waals surface area (Å²) in [6, 6.07) is 18.3. The number of methoxy groups -OCH3 is 1. The number of imidazole rings is 1. The quantitative estimate of drug-likeness (QED) is 0.387. The summed E-state index contributed by atoms with van der Waals surface area (Å²) in [6.07, 6.45) is 0.743. The molecule has 10 nitrogen and oxygen atoms in total. The number of hydrogen-bond donors (Lipinski definition) is 2. The van der Waals surface area contributed by atoms with Gasteiger partial charge in [0.1, 0.15) is 23.4 Å². The lowest BCUT2D eigenvalue weighted by Gasteiger charge is -2.25. The minimum Gasteiger partial charge on any atom is -0.467 e. The summed E-state index contributed by atoms with van der Waals surface area (Å²) in [5, 5.41) is 12.1. The van der Waals surface area contributed by atoms with Gasteiger partial charge in [-0.1, -0.05) is 6.07 Å². The lowest BCUT2D eigenvalue weighted by molar-refractivity contribution is -0.141. The molecule has 0 aliphatic heterocycles. The second-order valence-corrected chi connectivity index (χ2v) is 7.53. The second kappa shape index (κ2) is 10.4. The van der Waals surface area contributed by atoms with Gasteiger partial charge in [0.2, 0.25) is 0 Å². The zero-order valence-corrected chi connectivity index (χ0v) is 19.1. The molecule has 35 heavy (non-hydrogen) atoms. The van der Waals surface area contributed by atoms with E-state index in [1.54, 1.807) is 48.5 Å². The fraction of sp³-hybridized carbons (Fsp3) is 0.160. The van der Waals surface area contributed by atoms with Gasteiger partial charge in [0.15, 0.2) is 0 Å². The van der Waals surface area contributed by atoms with Crippen LogP contribution in [0.5, 0.6) is 5.75 Å². The third-order valence-electron chi connectivity index (χ3n) is 5.20. The maximum Gasteiger partial charge on any atom is 0.421 e. The van der Waals surface area contributed by atoms with Crippen LogP contribution in [0.15, 0.2) is 66.9 Å². The summed E-state index contributed by atoms with van der Waals surface area (Å²) >= 11 is 0. The molecule has 0 saturated heterocycles. The highest BCUT2D eigenvalue weighted by molar-refractivity contribution is 5.95. The standard InChI is InChI=1S/C25H22N6O4/c1-16(24(32)34-2)31(23-5-3-4-12-27-23)25(33)35-19-10-11-20-21(13-19)30-22(29-20)15-28-18-8-6-17(14-26)7-9-18/h3-13,16,28H,15H2,1-2H3,(H,29,30). The molecule has 2 N–H and O–H groups in total. The number of fused-ring (bicyclic) bond motifs is 1. The molecular formula is C25H22N6O4. The van der Waals surface area contributed by atoms with Crippen LogP contribution in [0.25, 0.3) is 11.0 Å². The zero-order chi connectivity index (χ0) is 24.8. The van der Waals surface area contributed by atoms with Crippen LogP contribution in [0.2, 0.25) is 0 Å². The number of nitriles is 1. The lowest BCUT2D eigenvalue weighted by atomic mass is 10.2. The number of hydrogen-bond acceptors (Lipinski definition) is 8. The van der Waals surface area contributed by atoms with Crippen molar-refractivity contribution >= 4 is 34.6 Å². The topological polar surface area (TPSA) is 133 Å². The van der Waals surface area contributed by atoms with Gasteiger partial charge in [-0.2, -0.15) is 5.26 Å². The molecule has 1 unspecified atom stereocenters. The van der Waals surface area contributed by atoms with Gasteiger partial charge in [-0.15, -0.1) is 0 Å². The molecule has 176 valence electrons. The molecule has 1 atom stereocenters. The molecule has 10 heteroatoms. The number of benzene rings is 2. The monoisotopic (exact) mass is 470 g/mol. The number of rotatable bonds is 7. The number of carbonyl (C=O) groups excluding carboxylic acids is 2. The average Bonchev–Trinajstić information content (AvgIpc) is 3.30. The highest BCUT2D eigenvalue weighted by Gasteiger charge is 2.30. The van der Waals surface area contributed by atoms with E-state index in [2.05, 4.69) is 26.3 Å². The van der Waals surface area contributed by atoms with E-state index >= 15 is 0 Å². The van der Waals surface area contributed by atoms with Crippen LogP contribution >= 0.6 is 0 Å². The van der Waals surface area contributed by atoms with Crippen molar-refractivity contribution < 1.29 is 19.1 Å². The van der Waals surface area contributed by atoms with E-state index in [0.29, 0.717) is 29.0 Å². The summed E-state index contributed by atoms with van der Waals surface area (Å²) in [5.74, 6) is 0.614. The van der Waals surface area contributed by atoms with Crippen LogP contribution in [-0.4, -0.2) is 40.2 Å². The summed E-state index contributed by atoms with van der Waals surface area (Å²) in [5.41, 5.74) is 2.82. The number of H-pyrrole nitrogens is 1. The van der Waals surface area contributed by atoms with Crippen molar-refractivity contribution in [3.63, 3.8) is 0 Å². The van der Waals surface area contributed by atoms with E-state index in [1.807, 2.05) is 12.1 Å². The molecule has 2 aromatic heterocycles. The van der Waals surface area contributed by atoms with Gasteiger partial charge in [-0.25, -0.2) is 24.5 Å². The first-order valence-corrected chi connectivity index (χ1v) is 10.7. The summed E-state index contributed by atoms with van der Waals surface area (Å²) in [7, 11) is 1.25. The fourth-order valence-corrected chi connectivity index (χ4v) is 3.41. The van der Waals surface area contributed by atoms with Crippen molar-refractivity contribution in [1.82, 2.24) is 15.0 Å². The van der Waals surface area contributed by atoms with E-state index in [-0.39, 0.29) is 11.6 Å². The fourth-order valence-electron chi connectivity index (χ4n) is 3.41. The van der Waals surface area contributed by atoms with Gasteiger partial charge in [0.05, 0.1) is 36.3 Å². The molecular weight excluding hydrogens is 448 g/mol. The van der Waals surface area contributed by atoms with Gasteiger partial charge in [-0.3, -0.25) is 0 Å². The van der Waals surface area contributed by atoms with E-state index in [4.69, 9.17) is 14.7 Å². The third-order valence-corrected chi connectivity index (χ3v) is 5.20. The molecule has 2 aromatic carbocycles. The van der Waals surface area contributed by atoms with E-state index < -0.39 is 18.1 Å². The maximum absolute atomic E-state index is 13.0. The lowest BCUT2D eigenvalue weighted by Crippen LogP contribution is -2.46. The Morgan fingerprint density at radius 3 is 2.66 bits per heavy atom. The van der Waals surface area contributed by atoms with Gasteiger partial charge in [0.25, 0.3) is 0 Å². The Kier molecular flexibility index (Phi) is 6.88. The molecule has 0 aliphatic carbocycles. The van der Waals surface area contributed by atoms with Crippen LogP contribution in [0.1, 0.15) is 18.3 Å². The Labute approximate surface area is 201 Å². The number of carbonyl (C=O) groups is 2. The largest absolute Gasteiger partial charge is 0.467 e. The maximum atomic E-state index is 13.0. The first kappa shape index (κ1) is 23.3. The Morgan fingerprint density at radius 2 is 1.97 bits per heavy atom. The predicted octanol–water partition coefficient (Wildman–Crippen LogP) is 4.01. The van der Waals surface area contributed by atoms with Crippen molar-refractivity contribution in [2.75, 3.05) is 17.3 Å². The van der Waals surface area contributed by atoms with E-state index in [1.165, 1.54) is 20.2 Å². The summed E-state index contributed by atoms with van der Waals surface area (Å²) in [4.78, 5) is 38.2. The van der Waals surface area contributed by atoms with Crippen LogP contribution in [0.4, 0.5) is 16.3 Å². The van der Waals surface area contributed by atoms with Gasteiger partial charge < -0.3 is 19.8 Å². The van der Waals surface area contributed by atoms with Crippen LogP contribution in [-0.2, 0) is 16.1 Å². The Hall–Kier alpha value is -4.91.